The fourth-order valence-corrected chi connectivity index (χ4v) is 1.73. The largest absolute Gasteiger partial charge is 0.372 e. The molecule has 66 valence electrons. The molecule has 2 heteroatoms. The molecule has 1 unspecified atom stereocenters. The van der Waals surface area contributed by atoms with Crippen molar-refractivity contribution in [2.24, 2.45) is 0 Å². The minimum atomic E-state index is -0.00468. The van der Waals surface area contributed by atoms with Crippen LogP contribution in [0.15, 0.2) is 24.3 Å². The van der Waals surface area contributed by atoms with E-state index in [9.17, 15) is 0 Å². The van der Waals surface area contributed by atoms with Crippen LogP contribution >= 0.6 is 0 Å². The molecular formula is C11H11NO. The number of ether oxygens (including phenoxy) is 1. The lowest BCUT2D eigenvalue weighted by molar-refractivity contribution is 0.0457. The minimum absolute atomic E-state index is 0.00468. The summed E-state index contributed by atoms with van der Waals surface area (Å²) < 4.78 is 5.52. The van der Waals surface area contributed by atoms with Gasteiger partial charge in [0.1, 0.15) is 0 Å². The third kappa shape index (κ3) is 1.56. The van der Waals surface area contributed by atoms with Crippen molar-refractivity contribution < 1.29 is 4.74 Å². The number of benzene rings is 1. The van der Waals surface area contributed by atoms with E-state index in [1.165, 1.54) is 11.1 Å². The first-order valence-corrected chi connectivity index (χ1v) is 4.48. The van der Waals surface area contributed by atoms with Crippen LogP contribution in [0.25, 0.3) is 0 Å². The van der Waals surface area contributed by atoms with Gasteiger partial charge in [0.15, 0.2) is 0 Å². The molecule has 0 aliphatic carbocycles. The summed E-state index contributed by atoms with van der Waals surface area (Å²) in [5, 5.41) is 8.61. The Balaban J connectivity index is 2.32. The van der Waals surface area contributed by atoms with Crippen LogP contribution in [0.3, 0.4) is 0 Å². The average molecular weight is 173 g/mol. The summed E-state index contributed by atoms with van der Waals surface area (Å²) in [4.78, 5) is 0. The van der Waals surface area contributed by atoms with Gasteiger partial charge in [0, 0.05) is 0 Å². The number of rotatable bonds is 1. The first-order valence-electron chi connectivity index (χ1n) is 4.48. The molecule has 1 aliphatic rings. The zero-order valence-corrected chi connectivity index (χ0v) is 7.36. The van der Waals surface area contributed by atoms with Crippen molar-refractivity contribution in [1.29, 1.82) is 5.26 Å². The average Bonchev–Trinajstić information content (AvgIpc) is 2.19. The van der Waals surface area contributed by atoms with E-state index in [4.69, 9.17) is 10.00 Å². The SMILES string of the molecule is N#CCC1OCCc2ccccc21. The Morgan fingerprint density at radius 3 is 3.15 bits per heavy atom. The Hall–Kier alpha value is -1.33. The van der Waals surface area contributed by atoms with Gasteiger partial charge in [0.05, 0.1) is 25.2 Å². The first kappa shape index (κ1) is 8.28. The predicted molar refractivity (Wildman–Crippen MR) is 49.1 cm³/mol. The molecule has 0 saturated carbocycles. The summed E-state index contributed by atoms with van der Waals surface area (Å²) in [5.74, 6) is 0. The third-order valence-corrected chi connectivity index (χ3v) is 2.37. The van der Waals surface area contributed by atoms with Crippen LogP contribution in [0.2, 0.25) is 0 Å². The Bertz CT molecular complexity index is 340. The molecule has 1 aliphatic heterocycles. The second-order valence-electron chi connectivity index (χ2n) is 3.17. The minimum Gasteiger partial charge on any atom is -0.372 e. The maximum Gasteiger partial charge on any atom is 0.0957 e. The first-order chi connectivity index (χ1) is 6.42. The zero-order chi connectivity index (χ0) is 9.10. The summed E-state index contributed by atoms with van der Waals surface area (Å²) in [6.07, 6.45) is 1.42. The quantitative estimate of drug-likeness (QED) is 0.652. The lowest BCUT2D eigenvalue weighted by atomic mass is 9.96. The molecule has 0 amide bonds. The van der Waals surface area contributed by atoms with Gasteiger partial charge in [-0.15, -0.1) is 0 Å². The van der Waals surface area contributed by atoms with Crippen LogP contribution in [0.4, 0.5) is 0 Å². The van der Waals surface area contributed by atoms with Gasteiger partial charge >= 0.3 is 0 Å². The molecule has 0 aromatic heterocycles. The molecule has 0 radical (unpaired) electrons. The number of hydrogen-bond acceptors (Lipinski definition) is 2. The van der Waals surface area contributed by atoms with Crippen LogP contribution in [0.1, 0.15) is 23.7 Å². The van der Waals surface area contributed by atoms with Gasteiger partial charge in [-0.2, -0.15) is 5.26 Å². The number of nitriles is 1. The smallest absolute Gasteiger partial charge is 0.0957 e. The Kier molecular flexibility index (Phi) is 2.29. The molecule has 0 N–H and O–H groups in total. The van der Waals surface area contributed by atoms with E-state index in [0.717, 1.165) is 13.0 Å². The summed E-state index contributed by atoms with van der Waals surface area (Å²) >= 11 is 0. The summed E-state index contributed by atoms with van der Waals surface area (Å²) in [5.41, 5.74) is 2.52. The molecule has 0 saturated heterocycles. The zero-order valence-electron chi connectivity index (χ0n) is 7.36. The summed E-state index contributed by atoms with van der Waals surface area (Å²) in [6, 6.07) is 10.4. The second kappa shape index (κ2) is 3.59. The second-order valence-corrected chi connectivity index (χ2v) is 3.17. The van der Waals surface area contributed by atoms with Gasteiger partial charge in [-0.25, -0.2) is 0 Å². The van der Waals surface area contributed by atoms with E-state index in [0.29, 0.717) is 6.42 Å². The van der Waals surface area contributed by atoms with E-state index in [1.54, 1.807) is 0 Å². The highest BCUT2D eigenvalue weighted by Crippen LogP contribution is 2.28. The lowest BCUT2D eigenvalue weighted by Gasteiger charge is -2.23. The molecule has 13 heavy (non-hydrogen) atoms. The molecule has 1 atom stereocenters. The van der Waals surface area contributed by atoms with Gasteiger partial charge in [0.25, 0.3) is 0 Å². The lowest BCUT2D eigenvalue weighted by Crippen LogP contribution is -2.15. The molecular weight excluding hydrogens is 162 g/mol. The highest BCUT2D eigenvalue weighted by Gasteiger charge is 2.19. The highest BCUT2D eigenvalue weighted by atomic mass is 16.5. The van der Waals surface area contributed by atoms with Crippen molar-refractivity contribution in [3.63, 3.8) is 0 Å². The highest BCUT2D eigenvalue weighted by molar-refractivity contribution is 5.31. The maximum atomic E-state index is 8.61. The van der Waals surface area contributed by atoms with Gasteiger partial charge in [0.2, 0.25) is 0 Å². The van der Waals surface area contributed by atoms with E-state index in [2.05, 4.69) is 18.2 Å². The normalized spacial score (nSPS) is 20.4. The molecule has 1 heterocycles. The van der Waals surface area contributed by atoms with Crippen molar-refractivity contribution in [2.75, 3.05) is 6.61 Å². The van der Waals surface area contributed by atoms with Gasteiger partial charge in [-0.1, -0.05) is 24.3 Å². The van der Waals surface area contributed by atoms with Crippen molar-refractivity contribution in [3.8, 4) is 6.07 Å². The Morgan fingerprint density at radius 1 is 1.46 bits per heavy atom. The monoisotopic (exact) mass is 173 g/mol. The number of nitrogens with zero attached hydrogens (tertiary/aromatic N) is 1. The van der Waals surface area contributed by atoms with E-state index in [-0.39, 0.29) is 6.10 Å². The van der Waals surface area contributed by atoms with Crippen LogP contribution in [-0.4, -0.2) is 6.61 Å². The van der Waals surface area contributed by atoms with Crippen molar-refractivity contribution in [1.82, 2.24) is 0 Å². The fraction of sp³-hybridized carbons (Fsp3) is 0.364. The molecule has 1 aromatic carbocycles. The van der Waals surface area contributed by atoms with Gasteiger partial charge < -0.3 is 4.74 Å². The van der Waals surface area contributed by atoms with E-state index >= 15 is 0 Å². The number of hydrogen-bond donors (Lipinski definition) is 0. The predicted octanol–water partition coefficient (Wildman–Crippen LogP) is 2.21. The maximum absolute atomic E-state index is 8.61. The molecule has 2 nitrogen and oxygen atoms in total. The fourth-order valence-electron chi connectivity index (χ4n) is 1.73. The Morgan fingerprint density at radius 2 is 2.31 bits per heavy atom. The topological polar surface area (TPSA) is 33.0 Å². The third-order valence-electron chi connectivity index (χ3n) is 2.37. The van der Waals surface area contributed by atoms with Gasteiger partial charge in [-0.3, -0.25) is 0 Å². The van der Waals surface area contributed by atoms with Crippen molar-refractivity contribution in [2.45, 2.75) is 18.9 Å². The summed E-state index contributed by atoms with van der Waals surface area (Å²) in [7, 11) is 0. The number of fused-ring (bicyclic) bond motifs is 1. The Labute approximate surface area is 77.8 Å². The van der Waals surface area contributed by atoms with Crippen molar-refractivity contribution >= 4 is 0 Å². The molecule has 0 bridgehead atoms. The standard InChI is InChI=1S/C11H11NO/c12-7-5-11-10-4-2-1-3-9(10)6-8-13-11/h1-4,11H,5-6,8H2. The molecule has 1 aromatic rings. The van der Waals surface area contributed by atoms with Crippen LogP contribution in [0.5, 0.6) is 0 Å². The molecule has 0 fully saturated rings. The van der Waals surface area contributed by atoms with Crippen LogP contribution in [0, 0.1) is 11.3 Å². The van der Waals surface area contributed by atoms with E-state index in [1.807, 2.05) is 12.1 Å². The van der Waals surface area contributed by atoms with E-state index < -0.39 is 0 Å². The van der Waals surface area contributed by atoms with Crippen molar-refractivity contribution in [3.05, 3.63) is 35.4 Å². The van der Waals surface area contributed by atoms with Crippen LogP contribution < -0.4 is 0 Å². The van der Waals surface area contributed by atoms with Crippen LogP contribution in [-0.2, 0) is 11.2 Å². The van der Waals surface area contributed by atoms with Gasteiger partial charge in [-0.05, 0) is 17.5 Å². The summed E-state index contributed by atoms with van der Waals surface area (Å²) in [6.45, 7) is 0.739. The molecule has 2 rings (SSSR count). The molecule has 0 spiro atoms.